The van der Waals surface area contributed by atoms with Gasteiger partial charge in [0.15, 0.2) is 5.69 Å². The molecule has 0 aliphatic heterocycles. The molecule has 0 N–H and O–H groups in total. The van der Waals surface area contributed by atoms with Crippen LogP contribution < -0.4 is 4.57 Å². The number of fused-ring (bicyclic) bond motifs is 3. The number of hydrogen-bond acceptors (Lipinski definition) is 1. The van der Waals surface area contributed by atoms with Crippen LogP contribution in [0.25, 0.3) is 38.0 Å². The van der Waals surface area contributed by atoms with E-state index in [-0.39, 0.29) is 28.6 Å². The summed E-state index contributed by atoms with van der Waals surface area (Å²) < 4.78 is 74.3. The van der Waals surface area contributed by atoms with Gasteiger partial charge >= 0.3 is 0 Å². The van der Waals surface area contributed by atoms with Crippen molar-refractivity contribution >= 4 is 27.6 Å². The number of pyridine rings is 1. The molecule has 4 aromatic rings. The first-order valence-corrected chi connectivity index (χ1v) is 9.32. The highest BCUT2D eigenvalue weighted by Crippen LogP contribution is 2.42. The molecule has 0 aliphatic rings. The van der Waals surface area contributed by atoms with Crippen LogP contribution in [0.3, 0.4) is 0 Å². The molecule has 146 valence electrons. The zero-order valence-corrected chi connectivity index (χ0v) is 17.1. The summed E-state index contributed by atoms with van der Waals surface area (Å²) in [6.45, 7) is 8.35. The molecule has 2 heterocycles. The van der Waals surface area contributed by atoms with Crippen molar-refractivity contribution in [2.45, 2.75) is 47.3 Å². The molecule has 1 atom stereocenters. The minimum Gasteiger partial charge on any atom is -0.466 e. The normalized spacial score (nSPS) is 18.5. The molecule has 3 nitrogen and oxygen atoms in total. The van der Waals surface area contributed by atoms with Gasteiger partial charge in [0.25, 0.3) is 0 Å². The molecule has 0 amide bonds. The number of nitrogens with zero attached hydrogens (tertiary/aromatic N) is 2. The Morgan fingerprint density at radius 1 is 1.24 bits per heavy atom. The molecule has 3 heteroatoms. The first kappa shape index (κ1) is 11.8. The van der Waals surface area contributed by atoms with Gasteiger partial charge in [-0.25, -0.2) is 4.85 Å². The molecule has 0 fully saturated rings. The fourth-order valence-corrected chi connectivity index (χ4v) is 3.99. The zero-order chi connectivity index (χ0) is 27.8. The summed E-state index contributed by atoms with van der Waals surface area (Å²) in [6.07, 6.45) is 0. The van der Waals surface area contributed by atoms with E-state index >= 15 is 0 Å². The van der Waals surface area contributed by atoms with Crippen molar-refractivity contribution in [3.63, 3.8) is 0 Å². The van der Waals surface area contributed by atoms with Gasteiger partial charge in [-0.05, 0) is 43.3 Å². The van der Waals surface area contributed by atoms with E-state index in [2.05, 4.69) is 4.85 Å². The van der Waals surface area contributed by atoms with E-state index in [0.717, 1.165) is 28.8 Å². The predicted octanol–water partition coefficient (Wildman–Crippen LogP) is 6.99. The highest BCUT2D eigenvalue weighted by atomic mass is 16.3. The summed E-state index contributed by atoms with van der Waals surface area (Å²) in [4.78, 5) is 3.57. The average molecular weight is 392 g/mol. The number of aromatic nitrogens is 1. The number of benzene rings is 2. The Morgan fingerprint density at radius 3 is 2.72 bits per heavy atom. The van der Waals surface area contributed by atoms with Crippen molar-refractivity contribution in [3.05, 3.63) is 69.7 Å². The number of aryl methyl sites for hydroxylation is 2. The van der Waals surface area contributed by atoms with Crippen LogP contribution in [0, 0.1) is 34.2 Å². The summed E-state index contributed by atoms with van der Waals surface area (Å²) >= 11 is 0. The Balaban J connectivity index is 2.28. The van der Waals surface area contributed by atoms with Gasteiger partial charge in [-0.2, -0.15) is 4.57 Å². The van der Waals surface area contributed by atoms with Crippen molar-refractivity contribution in [1.29, 1.82) is 0 Å². The van der Waals surface area contributed by atoms with Crippen molar-refractivity contribution in [2.75, 3.05) is 0 Å². The second-order valence-corrected chi connectivity index (χ2v) is 7.45. The summed E-state index contributed by atoms with van der Waals surface area (Å²) in [7, 11) is 1.62. The van der Waals surface area contributed by atoms with Crippen LogP contribution in [0.15, 0.2) is 34.7 Å². The van der Waals surface area contributed by atoms with Crippen LogP contribution in [0.5, 0.6) is 0 Å². The lowest BCUT2D eigenvalue weighted by Gasteiger charge is -2.15. The monoisotopic (exact) mass is 391 g/mol. The van der Waals surface area contributed by atoms with E-state index in [9.17, 15) is 1.37 Å². The Labute approximate surface area is 183 Å². The zero-order valence-electron chi connectivity index (χ0n) is 25.1. The molecular weight excluding hydrogens is 356 g/mol. The third-order valence-corrected chi connectivity index (χ3v) is 5.57. The van der Waals surface area contributed by atoms with Crippen LogP contribution in [0.1, 0.15) is 58.6 Å². The SMILES string of the molecule is [2H]c1c(C([2H])(C)C([2H])([2H])[2H])c(C([2H])([2H])[2H])c(C)[n+](C)c1-c1c(C)cc(C)c2c1oc1c([N+]#[C-])cccc12. The molecule has 2 aromatic heterocycles. The fourth-order valence-electron chi connectivity index (χ4n) is 3.99. The highest BCUT2D eigenvalue weighted by Gasteiger charge is 2.26. The van der Waals surface area contributed by atoms with Crippen molar-refractivity contribution in [3.8, 4) is 11.3 Å². The minimum absolute atomic E-state index is 0.231. The Hall–Kier alpha value is -3.12. The largest absolute Gasteiger partial charge is 0.466 e. The Bertz CT molecular complexity index is 1640. The Morgan fingerprint density at radius 2 is 2.03 bits per heavy atom. The smallest absolute Gasteiger partial charge is 0.229 e. The van der Waals surface area contributed by atoms with Crippen LogP contribution in [0.2, 0.25) is 0 Å². The van der Waals surface area contributed by atoms with Crippen LogP contribution >= 0.6 is 0 Å². The maximum absolute atomic E-state index is 9.19. The third-order valence-electron chi connectivity index (χ3n) is 5.57. The van der Waals surface area contributed by atoms with E-state index in [4.69, 9.17) is 20.6 Å². The maximum atomic E-state index is 9.19. The number of hydrogen-bond donors (Lipinski definition) is 0. The molecule has 0 radical (unpaired) electrons. The van der Waals surface area contributed by atoms with Crippen LogP contribution in [-0.4, -0.2) is 0 Å². The molecule has 0 aliphatic carbocycles. The molecule has 0 saturated carbocycles. The van der Waals surface area contributed by atoms with Crippen LogP contribution in [-0.2, 0) is 7.05 Å². The highest BCUT2D eigenvalue weighted by molar-refractivity contribution is 6.14. The number of para-hydroxylation sites is 1. The molecule has 0 bridgehead atoms. The summed E-state index contributed by atoms with van der Waals surface area (Å²) in [5, 5.41) is 1.49. The lowest BCUT2D eigenvalue weighted by Crippen LogP contribution is -2.36. The maximum Gasteiger partial charge on any atom is 0.229 e. The quantitative estimate of drug-likeness (QED) is 0.267. The standard InChI is InChI=1S/C26H27N2O/c1-14(2)20-13-22(28(8)18(6)17(20)5)24-16(4)12-15(3)23-19-10-9-11-21(27-7)25(19)29-26(23)24/h9-14H,1-6,8H3/q+1/i1D3,5D3,13D,14D. The van der Waals surface area contributed by atoms with Crippen LogP contribution in [0.4, 0.5) is 5.69 Å². The molecular formula is C26H27N2O+. The first-order valence-electron chi connectivity index (χ1n) is 13.3. The fraction of sp³-hybridized carbons (Fsp3) is 0.308. The van der Waals surface area contributed by atoms with E-state index in [0.29, 0.717) is 22.4 Å². The summed E-state index contributed by atoms with van der Waals surface area (Å²) in [6, 6.07) is 6.85. The lowest BCUT2D eigenvalue weighted by molar-refractivity contribution is -0.667. The van der Waals surface area contributed by atoms with Crippen molar-refractivity contribution in [2.24, 2.45) is 7.05 Å². The summed E-state index contributed by atoms with van der Waals surface area (Å²) in [5.41, 5.74) is 3.08. The van der Waals surface area contributed by atoms with Crippen molar-refractivity contribution < 1.29 is 20.0 Å². The van der Waals surface area contributed by atoms with Gasteiger partial charge in [0.1, 0.15) is 18.2 Å². The van der Waals surface area contributed by atoms with Gasteiger partial charge in [0.2, 0.25) is 11.4 Å². The van der Waals surface area contributed by atoms with Gasteiger partial charge in [-0.15, -0.1) is 0 Å². The third kappa shape index (κ3) is 2.75. The first-order chi connectivity index (χ1) is 16.9. The van der Waals surface area contributed by atoms with Gasteiger partial charge in [-0.1, -0.05) is 38.0 Å². The molecule has 29 heavy (non-hydrogen) atoms. The molecule has 0 saturated heterocycles. The van der Waals surface area contributed by atoms with E-state index in [1.54, 1.807) is 30.7 Å². The molecule has 4 rings (SSSR count). The Kier molecular flexibility index (Phi) is 2.74. The van der Waals surface area contributed by atoms with E-state index < -0.39 is 19.6 Å². The average Bonchev–Trinajstić information content (AvgIpc) is 3.16. The predicted molar refractivity (Wildman–Crippen MR) is 120 cm³/mol. The molecule has 0 spiro atoms. The molecule has 1 unspecified atom stereocenters. The second kappa shape index (κ2) is 6.74. The number of rotatable bonds is 2. The van der Waals surface area contributed by atoms with Gasteiger partial charge in [0, 0.05) is 38.9 Å². The van der Waals surface area contributed by atoms with Gasteiger partial charge in [0.05, 0.1) is 13.5 Å². The van der Waals surface area contributed by atoms with Gasteiger partial charge < -0.3 is 4.42 Å². The number of furan rings is 1. The summed E-state index contributed by atoms with van der Waals surface area (Å²) in [5.74, 6) is -2.37. The van der Waals surface area contributed by atoms with E-state index in [1.165, 1.54) is 0 Å². The van der Waals surface area contributed by atoms with Crippen molar-refractivity contribution in [1.82, 2.24) is 0 Å². The second-order valence-electron chi connectivity index (χ2n) is 7.45. The lowest BCUT2D eigenvalue weighted by atomic mass is 9.92. The van der Waals surface area contributed by atoms with E-state index in [1.807, 2.05) is 26.0 Å². The topological polar surface area (TPSA) is 21.4 Å². The minimum atomic E-state index is -2.89. The molecule has 2 aromatic carbocycles. The van der Waals surface area contributed by atoms with Gasteiger partial charge in [-0.3, -0.25) is 0 Å².